The lowest BCUT2D eigenvalue weighted by Crippen LogP contribution is -2.30. The van der Waals surface area contributed by atoms with Crippen LogP contribution in [0, 0.1) is 19.7 Å². The van der Waals surface area contributed by atoms with Crippen molar-refractivity contribution in [2.45, 2.75) is 26.9 Å². The van der Waals surface area contributed by atoms with Crippen LogP contribution in [0.1, 0.15) is 28.7 Å². The van der Waals surface area contributed by atoms with Crippen LogP contribution >= 0.6 is 15.9 Å². The van der Waals surface area contributed by atoms with Crippen LogP contribution in [0.3, 0.4) is 0 Å². The highest BCUT2D eigenvalue weighted by Gasteiger charge is 2.24. The quantitative estimate of drug-likeness (QED) is 0.817. The van der Waals surface area contributed by atoms with Crippen molar-refractivity contribution in [1.82, 2.24) is 5.16 Å². The Morgan fingerprint density at radius 1 is 1.39 bits per heavy atom. The Hall–Kier alpha value is -2.22. The Morgan fingerprint density at radius 3 is 2.65 bits per heavy atom. The number of amides is 1. The Bertz CT molecular complexity index is 740. The smallest absolute Gasteiger partial charge is 0.344 e. The van der Waals surface area contributed by atoms with E-state index in [1.54, 1.807) is 19.9 Å². The molecule has 1 aromatic carbocycles. The van der Waals surface area contributed by atoms with Crippen LogP contribution in [0.2, 0.25) is 0 Å². The second-order valence-corrected chi connectivity index (χ2v) is 5.78. The van der Waals surface area contributed by atoms with Gasteiger partial charge in [-0.3, -0.25) is 4.79 Å². The second kappa shape index (κ2) is 6.91. The number of rotatable bonds is 4. The summed E-state index contributed by atoms with van der Waals surface area (Å²) in [5.41, 5.74) is 0.553. The molecule has 0 spiro atoms. The molecule has 6 nitrogen and oxygen atoms in total. The summed E-state index contributed by atoms with van der Waals surface area (Å²) in [6.07, 6.45) is -1.11. The third-order valence-electron chi connectivity index (χ3n) is 3.08. The first-order valence-electron chi connectivity index (χ1n) is 6.69. The number of hydrogen-bond donors (Lipinski definition) is 1. The average molecular weight is 385 g/mol. The topological polar surface area (TPSA) is 81.4 Å². The van der Waals surface area contributed by atoms with E-state index < -0.39 is 23.8 Å². The van der Waals surface area contributed by atoms with E-state index in [0.717, 1.165) is 0 Å². The predicted octanol–water partition coefficient (Wildman–Crippen LogP) is 3.38. The predicted molar refractivity (Wildman–Crippen MR) is 83.6 cm³/mol. The fourth-order valence-corrected chi connectivity index (χ4v) is 2.21. The number of aryl methyl sites for hydroxylation is 2. The van der Waals surface area contributed by atoms with Crippen molar-refractivity contribution < 1.29 is 23.2 Å². The van der Waals surface area contributed by atoms with Gasteiger partial charge in [0.15, 0.2) is 6.10 Å². The average Bonchev–Trinajstić information content (AvgIpc) is 2.81. The molecule has 0 bridgehead atoms. The lowest BCUT2D eigenvalue weighted by atomic mass is 10.2. The molecule has 0 radical (unpaired) electrons. The van der Waals surface area contributed by atoms with Gasteiger partial charge in [-0.15, -0.1) is 0 Å². The third-order valence-corrected chi connectivity index (χ3v) is 3.57. The normalized spacial score (nSPS) is 11.9. The van der Waals surface area contributed by atoms with Crippen LogP contribution in [-0.2, 0) is 9.53 Å². The van der Waals surface area contributed by atoms with E-state index in [0.29, 0.717) is 15.9 Å². The van der Waals surface area contributed by atoms with Crippen molar-refractivity contribution >= 4 is 33.5 Å². The number of carbonyl (C=O) groups is 2. The van der Waals surface area contributed by atoms with Gasteiger partial charge in [-0.25, -0.2) is 9.18 Å². The molecule has 1 N–H and O–H groups in total. The fraction of sp³-hybridized carbons (Fsp3) is 0.267. The number of ether oxygens (including phenoxy) is 1. The summed E-state index contributed by atoms with van der Waals surface area (Å²) in [5.74, 6) is -1.66. The number of carbonyl (C=O) groups excluding carboxylic acids is 2. The molecule has 8 heteroatoms. The van der Waals surface area contributed by atoms with Gasteiger partial charge in [0.05, 0.1) is 11.4 Å². The summed E-state index contributed by atoms with van der Waals surface area (Å²) < 4.78 is 24.2. The molecule has 0 aliphatic carbocycles. The molecular weight excluding hydrogens is 371 g/mol. The molecule has 2 aromatic rings. The van der Waals surface area contributed by atoms with Crippen molar-refractivity contribution in [1.29, 1.82) is 0 Å². The Balaban J connectivity index is 2.04. The molecule has 1 heterocycles. The summed E-state index contributed by atoms with van der Waals surface area (Å²) in [6.45, 7) is 4.55. The first kappa shape index (κ1) is 17.1. The van der Waals surface area contributed by atoms with E-state index in [1.807, 2.05) is 0 Å². The van der Waals surface area contributed by atoms with Gasteiger partial charge < -0.3 is 14.6 Å². The zero-order valence-corrected chi connectivity index (χ0v) is 14.2. The minimum absolute atomic E-state index is 0.00145. The number of nitrogens with one attached hydrogen (secondary N) is 1. The number of aromatic nitrogens is 1. The van der Waals surface area contributed by atoms with Gasteiger partial charge in [-0.1, -0.05) is 21.1 Å². The largest absolute Gasteiger partial charge is 0.449 e. The lowest BCUT2D eigenvalue weighted by Gasteiger charge is -2.14. The first-order chi connectivity index (χ1) is 10.8. The van der Waals surface area contributed by atoms with Gasteiger partial charge in [0.2, 0.25) is 0 Å². The highest BCUT2D eigenvalue weighted by molar-refractivity contribution is 9.10. The monoisotopic (exact) mass is 384 g/mol. The van der Waals surface area contributed by atoms with Crippen molar-refractivity contribution in [3.8, 4) is 0 Å². The highest BCUT2D eigenvalue weighted by Crippen LogP contribution is 2.20. The zero-order chi connectivity index (χ0) is 17.1. The van der Waals surface area contributed by atoms with Crippen molar-refractivity contribution in [2.75, 3.05) is 5.32 Å². The van der Waals surface area contributed by atoms with Crippen LogP contribution < -0.4 is 5.32 Å². The molecule has 0 saturated carbocycles. The Morgan fingerprint density at radius 2 is 2.09 bits per heavy atom. The molecule has 2 rings (SSSR count). The van der Waals surface area contributed by atoms with Crippen LogP contribution in [0.25, 0.3) is 0 Å². The molecule has 1 aromatic heterocycles. The minimum atomic E-state index is -1.11. The summed E-state index contributed by atoms with van der Waals surface area (Å²) in [4.78, 5) is 24.1. The maximum Gasteiger partial charge on any atom is 0.344 e. The number of esters is 1. The SMILES string of the molecule is Cc1noc(C)c1C(=O)O[C@@H](C)C(=O)Nc1ccc(Br)cc1F. The van der Waals surface area contributed by atoms with Gasteiger partial charge in [0.25, 0.3) is 5.91 Å². The fourth-order valence-electron chi connectivity index (χ4n) is 1.87. The summed E-state index contributed by atoms with van der Waals surface area (Å²) in [7, 11) is 0. The maximum atomic E-state index is 13.7. The van der Waals surface area contributed by atoms with Crippen molar-refractivity contribution in [2.24, 2.45) is 0 Å². The number of hydrogen-bond acceptors (Lipinski definition) is 5. The van der Waals surface area contributed by atoms with Gasteiger partial charge in [-0.2, -0.15) is 0 Å². The number of benzene rings is 1. The van der Waals surface area contributed by atoms with Gasteiger partial charge in [0.1, 0.15) is 17.1 Å². The van der Waals surface area contributed by atoms with E-state index in [-0.39, 0.29) is 11.3 Å². The van der Waals surface area contributed by atoms with Gasteiger partial charge in [0, 0.05) is 4.47 Å². The van der Waals surface area contributed by atoms with E-state index in [4.69, 9.17) is 9.26 Å². The van der Waals surface area contributed by atoms with E-state index >= 15 is 0 Å². The molecule has 23 heavy (non-hydrogen) atoms. The minimum Gasteiger partial charge on any atom is -0.449 e. The lowest BCUT2D eigenvalue weighted by molar-refractivity contribution is -0.123. The van der Waals surface area contributed by atoms with Crippen molar-refractivity contribution in [3.63, 3.8) is 0 Å². The zero-order valence-electron chi connectivity index (χ0n) is 12.6. The molecule has 0 aliphatic rings. The molecule has 0 unspecified atom stereocenters. The van der Waals surface area contributed by atoms with Crippen LogP contribution in [0.15, 0.2) is 27.2 Å². The molecule has 0 saturated heterocycles. The first-order valence-corrected chi connectivity index (χ1v) is 7.48. The number of nitrogens with zero attached hydrogens (tertiary/aromatic N) is 1. The summed E-state index contributed by atoms with van der Waals surface area (Å²) >= 11 is 3.12. The summed E-state index contributed by atoms with van der Waals surface area (Å²) in [6, 6.07) is 4.20. The molecule has 122 valence electrons. The molecule has 0 aliphatic heterocycles. The van der Waals surface area contributed by atoms with Crippen LogP contribution in [0.4, 0.5) is 10.1 Å². The van der Waals surface area contributed by atoms with E-state index in [2.05, 4.69) is 26.4 Å². The summed E-state index contributed by atoms with van der Waals surface area (Å²) in [5, 5.41) is 6.01. The van der Waals surface area contributed by atoms with Crippen LogP contribution in [-0.4, -0.2) is 23.1 Å². The van der Waals surface area contributed by atoms with Crippen molar-refractivity contribution in [3.05, 3.63) is 45.5 Å². The number of anilines is 1. The Labute approximate surface area is 140 Å². The highest BCUT2D eigenvalue weighted by atomic mass is 79.9. The van der Waals surface area contributed by atoms with Gasteiger partial charge in [-0.05, 0) is 39.0 Å². The number of halogens is 2. The van der Waals surface area contributed by atoms with Gasteiger partial charge >= 0.3 is 5.97 Å². The molecule has 1 amide bonds. The Kier molecular flexibility index (Phi) is 5.15. The third kappa shape index (κ3) is 3.95. The molecule has 0 fully saturated rings. The standard InChI is InChI=1S/C15H14BrFN2O4/c1-7-13(8(2)23-19-7)15(21)22-9(3)14(20)18-12-5-4-10(16)6-11(12)17/h4-6,9H,1-3H3,(H,18,20)/t9-/m0/s1. The second-order valence-electron chi connectivity index (χ2n) is 4.86. The molecular formula is C15H14BrFN2O4. The van der Waals surface area contributed by atoms with E-state index in [1.165, 1.54) is 19.1 Å². The maximum absolute atomic E-state index is 13.7. The van der Waals surface area contributed by atoms with Crippen LogP contribution in [0.5, 0.6) is 0 Å². The van der Waals surface area contributed by atoms with E-state index in [9.17, 15) is 14.0 Å². The molecule has 1 atom stereocenters.